The van der Waals surface area contributed by atoms with Crippen molar-refractivity contribution in [3.05, 3.63) is 95.3 Å². The van der Waals surface area contributed by atoms with Gasteiger partial charge in [-0.25, -0.2) is 19.6 Å². The highest BCUT2D eigenvalue weighted by molar-refractivity contribution is 6.26. The largest absolute Gasteiger partial charge is 0.484 e. The average Bonchev–Trinajstić information content (AvgIpc) is 4.04. The number of aliphatic carboxylic acids is 1. The minimum absolute atomic E-state index is 0.00129. The molecule has 25 nitrogen and oxygen atoms in total. The number of hydrogen-bond donors (Lipinski definition) is 8. The molecule has 406 valence electrons. The van der Waals surface area contributed by atoms with Gasteiger partial charge in [-0.05, 0) is 66.4 Å². The Balaban J connectivity index is 0.730. The van der Waals surface area contributed by atoms with Crippen LogP contribution in [0.5, 0.6) is 5.75 Å². The van der Waals surface area contributed by atoms with E-state index >= 15 is 0 Å². The van der Waals surface area contributed by atoms with Crippen molar-refractivity contribution in [1.82, 2.24) is 46.1 Å². The van der Waals surface area contributed by atoms with E-state index in [1.807, 2.05) is 32.7 Å². The maximum Gasteiger partial charge on any atom is 0.411 e. The van der Waals surface area contributed by atoms with Crippen molar-refractivity contribution >= 4 is 69.9 Å². The number of methoxy groups -OCH3 is 1. The van der Waals surface area contributed by atoms with Gasteiger partial charge in [0.05, 0.1) is 87.7 Å². The van der Waals surface area contributed by atoms with Gasteiger partial charge in [0.15, 0.2) is 29.4 Å². The van der Waals surface area contributed by atoms with Crippen LogP contribution in [-0.2, 0) is 39.9 Å². The second kappa shape index (κ2) is 25.6. The van der Waals surface area contributed by atoms with Crippen molar-refractivity contribution < 1.29 is 57.6 Å². The summed E-state index contributed by atoms with van der Waals surface area (Å²) in [5, 5.41) is 28.1. The molecule has 0 radical (unpaired) electrons. The lowest BCUT2D eigenvalue weighted by Crippen LogP contribution is -2.47. The molecular formula is C52H61N13O12. The number of ketones is 1. The summed E-state index contributed by atoms with van der Waals surface area (Å²) in [7, 11) is 3.07. The van der Waals surface area contributed by atoms with Crippen LogP contribution in [0.15, 0.2) is 72.9 Å². The Bertz CT molecular complexity index is 3090. The Kier molecular flexibility index (Phi) is 18.6. The topological polar surface area (TPSA) is 352 Å². The second-order valence-electron chi connectivity index (χ2n) is 18.7. The molecule has 6 aromatic rings. The van der Waals surface area contributed by atoms with E-state index in [1.54, 1.807) is 72.9 Å². The molecule has 0 bridgehead atoms. The van der Waals surface area contributed by atoms with Crippen molar-refractivity contribution in [1.29, 1.82) is 0 Å². The fourth-order valence-corrected chi connectivity index (χ4v) is 8.26. The van der Waals surface area contributed by atoms with Gasteiger partial charge in [-0.15, -0.1) is 0 Å². The molecule has 4 amide bonds. The Morgan fingerprint density at radius 3 is 2.17 bits per heavy atom. The molecule has 3 aromatic heterocycles. The standard InChI is InChI=1S/C52H61N13O12/c1-52(2,3)35(25-37(49(70)71)59-47(68)30-9-13-32(14-10-30)65(4)27-31-26-57-46-43(58-31)45(53)61-50(54)62-46)48(69)56-18-20-75-22-24-76-23-21-74-19-17-55-38(66)28-77-33-15-11-29(12-16-33)41-40-42(64-63-41)34-7-6-8-36(39(34)44(40)67)60-51(72)73-5/h6-16,26,35,37H,17-25,27-28H2,1-5H3,(H,55,66)(H,56,69)(H,59,68)(H,60,72)(H,63,64)(H,70,71)(H4,53,54,57,61,62)/t35?,37-/m0/s1. The summed E-state index contributed by atoms with van der Waals surface area (Å²) in [4.78, 5) is 95.5. The SMILES string of the molecule is COC(=O)Nc1cccc2c1C(=O)c1c-2n[nH]c1-c1ccc(OCC(=O)NCCOCCOCCOCCNC(=O)C(C[C@H](NC(=O)c2ccc(N(C)Cc3cnc4nc(N)nc(N)c4n3)cc2)C(=O)O)C(C)(C)C)cc1. The van der Waals surface area contributed by atoms with Gasteiger partial charge >= 0.3 is 12.1 Å². The highest BCUT2D eigenvalue weighted by Gasteiger charge is 2.37. The normalized spacial score (nSPS) is 12.5. The van der Waals surface area contributed by atoms with E-state index in [2.05, 4.69) is 56.1 Å². The zero-order valence-corrected chi connectivity index (χ0v) is 43.1. The number of anilines is 4. The van der Waals surface area contributed by atoms with E-state index in [1.165, 1.54) is 7.11 Å². The fourth-order valence-electron chi connectivity index (χ4n) is 8.26. The fraction of sp³-hybridized carbons (Fsp3) is 0.365. The van der Waals surface area contributed by atoms with Crippen LogP contribution in [0.3, 0.4) is 0 Å². The van der Waals surface area contributed by atoms with Crippen molar-refractivity contribution in [2.24, 2.45) is 11.3 Å². The number of aromatic nitrogens is 6. The van der Waals surface area contributed by atoms with Crippen LogP contribution in [0.4, 0.5) is 27.9 Å². The summed E-state index contributed by atoms with van der Waals surface area (Å²) in [6, 6.07) is 17.2. The maximum absolute atomic E-state index is 13.5. The van der Waals surface area contributed by atoms with Gasteiger partial charge in [-0.3, -0.25) is 29.6 Å². The van der Waals surface area contributed by atoms with Crippen molar-refractivity contribution in [3.63, 3.8) is 0 Å². The van der Waals surface area contributed by atoms with Crippen LogP contribution in [0.2, 0.25) is 0 Å². The first-order valence-corrected chi connectivity index (χ1v) is 24.4. The number of nitrogens with one attached hydrogen (secondary N) is 5. The number of benzene rings is 3. The first kappa shape index (κ1) is 55.9. The van der Waals surface area contributed by atoms with Crippen LogP contribution < -0.4 is 42.4 Å². The molecule has 25 heteroatoms. The number of carboxylic acid groups (broad SMARTS) is 1. The Morgan fingerprint density at radius 1 is 0.831 bits per heavy atom. The quantitative estimate of drug-likeness (QED) is 0.0359. The number of hydrogen-bond acceptors (Lipinski definition) is 19. The third kappa shape index (κ3) is 14.5. The summed E-state index contributed by atoms with van der Waals surface area (Å²) in [5.74, 6) is -3.10. The molecule has 77 heavy (non-hydrogen) atoms. The number of carboxylic acids is 1. The molecule has 1 unspecified atom stereocenters. The highest BCUT2D eigenvalue weighted by Crippen LogP contribution is 2.43. The molecule has 0 saturated heterocycles. The summed E-state index contributed by atoms with van der Waals surface area (Å²) in [6.07, 6.45) is 0.712. The monoisotopic (exact) mass is 1060 g/mol. The molecule has 0 fully saturated rings. The molecule has 3 heterocycles. The van der Waals surface area contributed by atoms with Crippen LogP contribution in [0.25, 0.3) is 33.7 Å². The molecule has 0 saturated carbocycles. The molecule has 2 atom stereocenters. The van der Waals surface area contributed by atoms with E-state index in [9.17, 15) is 33.9 Å². The summed E-state index contributed by atoms with van der Waals surface area (Å²) in [6.45, 7) is 7.52. The first-order chi connectivity index (χ1) is 36.9. The van der Waals surface area contributed by atoms with Gasteiger partial charge in [0, 0.05) is 48.4 Å². The minimum Gasteiger partial charge on any atom is -0.484 e. The Labute approximate surface area is 442 Å². The number of nitrogens with two attached hydrogens (primary N) is 2. The first-order valence-electron chi connectivity index (χ1n) is 24.4. The number of fused-ring (bicyclic) bond motifs is 4. The van der Waals surface area contributed by atoms with Gasteiger partial charge < -0.3 is 61.1 Å². The Hall–Kier alpha value is -8.81. The predicted molar refractivity (Wildman–Crippen MR) is 282 cm³/mol. The number of carbonyl (C=O) groups is 6. The van der Waals surface area contributed by atoms with E-state index in [0.717, 1.165) is 5.69 Å². The van der Waals surface area contributed by atoms with E-state index in [-0.39, 0.29) is 106 Å². The predicted octanol–water partition coefficient (Wildman–Crippen LogP) is 3.60. The molecule has 0 spiro atoms. The lowest BCUT2D eigenvalue weighted by molar-refractivity contribution is -0.140. The second-order valence-corrected chi connectivity index (χ2v) is 18.7. The van der Waals surface area contributed by atoms with Gasteiger partial charge in [0.25, 0.3) is 11.8 Å². The van der Waals surface area contributed by atoms with Crippen LogP contribution >= 0.6 is 0 Å². The maximum atomic E-state index is 13.5. The average molecular weight is 1060 g/mol. The summed E-state index contributed by atoms with van der Waals surface area (Å²) < 4.78 is 27.0. The smallest absolute Gasteiger partial charge is 0.411 e. The van der Waals surface area contributed by atoms with Crippen LogP contribution in [0.1, 0.15) is 59.2 Å². The molecule has 1 aliphatic rings. The zero-order valence-electron chi connectivity index (χ0n) is 43.1. The number of nitrogens with zero attached hydrogens (tertiary/aromatic N) is 6. The van der Waals surface area contributed by atoms with Crippen molar-refractivity contribution in [2.75, 3.05) is 95.2 Å². The van der Waals surface area contributed by atoms with Crippen LogP contribution in [0, 0.1) is 11.3 Å². The van der Waals surface area contributed by atoms with Gasteiger partial charge in [0.2, 0.25) is 11.9 Å². The lowest BCUT2D eigenvalue weighted by Gasteiger charge is -2.31. The number of aromatic amines is 1. The molecule has 10 N–H and O–H groups in total. The number of H-pyrrole nitrogens is 1. The highest BCUT2D eigenvalue weighted by atomic mass is 16.5. The van der Waals surface area contributed by atoms with E-state index < -0.39 is 35.3 Å². The Morgan fingerprint density at radius 2 is 1.51 bits per heavy atom. The number of nitrogen functional groups attached to an aromatic ring is 2. The molecule has 7 rings (SSSR count). The van der Waals surface area contributed by atoms with Crippen molar-refractivity contribution in [2.45, 2.75) is 39.8 Å². The molecule has 3 aromatic carbocycles. The third-order valence-electron chi connectivity index (χ3n) is 12.2. The van der Waals surface area contributed by atoms with Gasteiger partial charge in [0.1, 0.15) is 17.5 Å². The summed E-state index contributed by atoms with van der Waals surface area (Å²) in [5.41, 5.74) is 16.4. The van der Waals surface area contributed by atoms with Crippen LogP contribution in [-0.4, -0.2) is 150 Å². The number of ether oxygens (including phenoxy) is 5. The zero-order chi connectivity index (χ0) is 55.2. The number of rotatable bonds is 26. The molecule has 1 aliphatic carbocycles. The van der Waals surface area contributed by atoms with E-state index in [0.29, 0.717) is 62.8 Å². The molecular weight excluding hydrogens is 999 g/mol. The number of amides is 4. The van der Waals surface area contributed by atoms with Crippen molar-refractivity contribution in [3.8, 4) is 28.3 Å². The van der Waals surface area contributed by atoms with E-state index in [4.69, 9.17) is 30.4 Å². The summed E-state index contributed by atoms with van der Waals surface area (Å²) >= 11 is 0. The third-order valence-corrected chi connectivity index (χ3v) is 12.2. The minimum atomic E-state index is -1.35. The van der Waals surface area contributed by atoms with Gasteiger partial charge in [-0.2, -0.15) is 15.1 Å². The lowest BCUT2D eigenvalue weighted by atomic mass is 9.76. The van der Waals surface area contributed by atoms with Gasteiger partial charge in [-0.1, -0.05) is 32.9 Å². The molecule has 0 aliphatic heterocycles. The number of carbonyl (C=O) groups excluding carboxylic acids is 5.